The first-order chi connectivity index (χ1) is 9.42. The van der Waals surface area contributed by atoms with Crippen LogP contribution < -0.4 is 5.32 Å². The van der Waals surface area contributed by atoms with Crippen molar-refractivity contribution in [3.05, 3.63) is 22.5 Å². The summed E-state index contributed by atoms with van der Waals surface area (Å²) in [5.41, 5.74) is 2.07. The Kier molecular flexibility index (Phi) is 5.76. The van der Waals surface area contributed by atoms with E-state index >= 15 is 0 Å². The zero-order valence-corrected chi connectivity index (χ0v) is 12.4. The quantitative estimate of drug-likeness (QED) is 0.683. The Balaban J connectivity index is 3.13. The molecule has 3 N–H and O–H groups in total. The van der Waals surface area contributed by atoms with Gasteiger partial charge in [0, 0.05) is 12.2 Å². The highest BCUT2D eigenvalue weighted by molar-refractivity contribution is 6.00. The van der Waals surface area contributed by atoms with Crippen molar-refractivity contribution in [2.45, 2.75) is 39.7 Å². The Morgan fingerprint density at radius 3 is 2.60 bits per heavy atom. The zero-order valence-electron chi connectivity index (χ0n) is 12.4. The molecule has 1 amide bonds. The van der Waals surface area contributed by atoms with Crippen molar-refractivity contribution in [2.24, 2.45) is 0 Å². The molecule has 1 aromatic heterocycles. The van der Waals surface area contributed by atoms with E-state index in [1.165, 1.54) is 7.11 Å². The van der Waals surface area contributed by atoms with Crippen LogP contribution in [-0.2, 0) is 11.2 Å². The first-order valence-corrected chi connectivity index (χ1v) is 6.68. The zero-order chi connectivity index (χ0) is 15.3. The molecule has 0 bridgehead atoms. The van der Waals surface area contributed by atoms with Gasteiger partial charge in [0.15, 0.2) is 0 Å². The molecule has 1 rings (SSSR count). The number of esters is 1. The highest BCUT2D eigenvalue weighted by Crippen LogP contribution is 2.21. The van der Waals surface area contributed by atoms with Crippen LogP contribution in [0.2, 0.25) is 0 Å². The number of H-pyrrole nitrogens is 1. The number of aromatic amines is 1. The van der Waals surface area contributed by atoms with Gasteiger partial charge in [-0.05, 0) is 25.8 Å². The van der Waals surface area contributed by atoms with Gasteiger partial charge in [-0.15, -0.1) is 0 Å². The van der Waals surface area contributed by atoms with E-state index in [0.29, 0.717) is 28.9 Å². The van der Waals surface area contributed by atoms with E-state index in [9.17, 15) is 14.7 Å². The van der Waals surface area contributed by atoms with E-state index in [4.69, 9.17) is 4.74 Å². The molecule has 0 spiro atoms. The lowest BCUT2D eigenvalue weighted by atomic mass is 10.0. The predicted octanol–water partition coefficient (Wildman–Crippen LogP) is 1.17. The van der Waals surface area contributed by atoms with Gasteiger partial charge in [0.1, 0.15) is 5.69 Å². The Hall–Kier alpha value is -1.82. The molecule has 1 aromatic rings. The van der Waals surface area contributed by atoms with Crippen molar-refractivity contribution in [3.63, 3.8) is 0 Å². The molecule has 0 fully saturated rings. The van der Waals surface area contributed by atoms with Crippen molar-refractivity contribution < 1.29 is 19.4 Å². The number of aliphatic hydroxyl groups excluding tert-OH is 1. The maximum absolute atomic E-state index is 12.1. The standard InChI is InChI=1S/C14H22N2O4/c1-5-6-10-11(14(19)20-4)9(3)16-12(10)13(18)15-7-8(2)17/h8,16-17H,5-7H2,1-4H3,(H,15,18). The molecule has 0 aromatic carbocycles. The molecule has 20 heavy (non-hydrogen) atoms. The van der Waals surface area contributed by atoms with Crippen LogP contribution in [0.1, 0.15) is 52.4 Å². The molecule has 0 saturated heterocycles. The number of nitrogens with one attached hydrogen (secondary N) is 2. The van der Waals surface area contributed by atoms with Crippen molar-refractivity contribution in [1.29, 1.82) is 0 Å². The molecule has 1 heterocycles. The third-order valence-corrected chi connectivity index (χ3v) is 2.97. The summed E-state index contributed by atoms with van der Waals surface area (Å²) in [5.74, 6) is -0.774. The molecule has 0 aliphatic carbocycles. The summed E-state index contributed by atoms with van der Waals surface area (Å²) in [7, 11) is 1.32. The first-order valence-electron chi connectivity index (χ1n) is 6.68. The molecular formula is C14H22N2O4. The molecular weight excluding hydrogens is 260 g/mol. The minimum atomic E-state index is -0.621. The highest BCUT2D eigenvalue weighted by Gasteiger charge is 2.24. The van der Waals surface area contributed by atoms with Gasteiger partial charge in [-0.1, -0.05) is 13.3 Å². The number of aryl methyl sites for hydroxylation is 1. The van der Waals surface area contributed by atoms with Gasteiger partial charge in [0.2, 0.25) is 0 Å². The van der Waals surface area contributed by atoms with Crippen LogP contribution in [0.4, 0.5) is 0 Å². The average Bonchev–Trinajstić information content (AvgIpc) is 2.72. The lowest BCUT2D eigenvalue weighted by Gasteiger charge is -2.08. The number of carbonyl (C=O) groups is 2. The van der Waals surface area contributed by atoms with E-state index in [2.05, 4.69) is 10.3 Å². The Bertz CT molecular complexity index is 492. The fraction of sp³-hybridized carbons (Fsp3) is 0.571. The summed E-state index contributed by atoms with van der Waals surface area (Å²) in [4.78, 5) is 26.9. The van der Waals surface area contributed by atoms with Gasteiger partial charge >= 0.3 is 5.97 Å². The number of aromatic nitrogens is 1. The predicted molar refractivity (Wildman–Crippen MR) is 74.9 cm³/mol. The van der Waals surface area contributed by atoms with Gasteiger partial charge in [-0.3, -0.25) is 4.79 Å². The van der Waals surface area contributed by atoms with E-state index < -0.39 is 12.1 Å². The van der Waals surface area contributed by atoms with Crippen LogP contribution in [0.25, 0.3) is 0 Å². The lowest BCUT2D eigenvalue weighted by molar-refractivity contribution is 0.0599. The number of hydrogen-bond donors (Lipinski definition) is 3. The van der Waals surface area contributed by atoms with E-state index in [1.54, 1.807) is 13.8 Å². The number of amides is 1. The molecule has 1 atom stereocenters. The summed E-state index contributed by atoms with van der Waals surface area (Å²) in [6.45, 7) is 5.46. The van der Waals surface area contributed by atoms with E-state index in [-0.39, 0.29) is 12.5 Å². The molecule has 0 radical (unpaired) electrons. The second-order valence-corrected chi connectivity index (χ2v) is 4.78. The third-order valence-electron chi connectivity index (χ3n) is 2.97. The number of rotatable bonds is 6. The largest absolute Gasteiger partial charge is 0.465 e. The van der Waals surface area contributed by atoms with Crippen molar-refractivity contribution in [3.8, 4) is 0 Å². The second-order valence-electron chi connectivity index (χ2n) is 4.78. The Morgan fingerprint density at radius 2 is 2.10 bits per heavy atom. The Morgan fingerprint density at radius 1 is 1.45 bits per heavy atom. The monoisotopic (exact) mass is 282 g/mol. The van der Waals surface area contributed by atoms with Crippen LogP contribution in [0, 0.1) is 6.92 Å². The summed E-state index contributed by atoms with van der Waals surface area (Å²) < 4.78 is 4.76. The molecule has 6 heteroatoms. The lowest BCUT2D eigenvalue weighted by Crippen LogP contribution is -2.31. The number of methoxy groups -OCH3 is 1. The van der Waals surface area contributed by atoms with Crippen LogP contribution >= 0.6 is 0 Å². The fourth-order valence-corrected chi connectivity index (χ4v) is 2.08. The maximum Gasteiger partial charge on any atom is 0.339 e. The summed E-state index contributed by atoms with van der Waals surface area (Å²) in [6.07, 6.45) is 0.786. The maximum atomic E-state index is 12.1. The molecule has 0 aliphatic rings. The highest BCUT2D eigenvalue weighted by atomic mass is 16.5. The molecule has 0 aliphatic heterocycles. The molecule has 0 saturated carbocycles. The van der Waals surface area contributed by atoms with Crippen molar-refractivity contribution in [1.82, 2.24) is 10.3 Å². The number of aliphatic hydroxyl groups is 1. The Labute approximate surface area is 118 Å². The summed E-state index contributed by atoms with van der Waals surface area (Å²) >= 11 is 0. The number of hydrogen-bond acceptors (Lipinski definition) is 4. The topological polar surface area (TPSA) is 91.4 Å². The van der Waals surface area contributed by atoms with Crippen molar-refractivity contribution in [2.75, 3.05) is 13.7 Å². The first kappa shape index (κ1) is 16.2. The van der Waals surface area contributed by atoms with E-state index in [0.717, 1.165) is 6.42 Å². The van der Waals surface area contributed by atoms with Gasteiger partial charge in [-0.2, -0.15) is 0 Å². The SMILES string of the molecule is CCCc1c(C(=O)NCC(C)O)[nH]c(C)c1C(=O)OC. The number of carbonyl (C=O) groups excluding carboxylic acids is 2. The van der Waals surface area contributed by atoms with Crippen molar-refractivity contribution >= 4 is 11.9 Å². The van der Waals surface area contributed by atoms with Gasteiger partial charge < -0.3 is 20.1 Å². The van der Waals surface area contributed by atoms with Crippen LogP contribution in [0.5, 0.6) is 0 Å². The van der Waals surface area contributed by atoms with Gasteiger partial charge in [0.25, 0.3) is 5.91 Å². The number of ether oxygens (including phenoxy) is 1. The smallest absolute Gasteiger partial charge is 0.339 e. The van der Waals surface area contributed by atoms with Gasteiger partial charge in [-0.25, -0.2) is 4.79 Å². The second kappa shape index (κ2) is 7.09. The average molecular weight is 282 g/mol. The minimum Gasteiger partial charge on any atom is -0.465 e. The molecule has 112 valence electrons. The van der Waals surface area contributed by atoms with Crippen LogP contribution in [0.15, 0.2) is 0 Å². The minimum absolute atomic E-state index is 0.163. The van der Waals surface area contributed by atoms with Crippen LogP contribution in [0.3, 0.4) is 0 Å². The van der Waals surface area contributed by atoms with Crippen LogP contribution in [-0.4, -0.2) is 41.7 Å². The fourth-order valence-electron chi connectivity index (χ4n) is 2.08. The normalized spacial score (nSPS) is 12.1. The summed E-state index contributed by atoms with van der Waals surface area (Å²) in [5, 5.41) is 11.8. The van der Waals surface area contributed by atoms with E-state index in [1.807, 2.05) is 6.92 Å². The third kappa shape index (κ3) is 3.60. The molecule has 1 unspecified atom stereocenters. The summed E-state index contributed by atoms with van der Waals surface area (Å²) in [6, 6.07) is 0. The molecule has 6 nitrogen and oxygen atoms in total. The van der Waals surface area contributed by atoms with Gasteiger partial charge in [0.05, 0.1) is 18.8 Å².